The number of anilines is 1. The Kier molecular flexibility index (Phi) is 6.48. The van der Waals surface area contributed by atoms with Crippen molar-refractivity contribution in [2.24, 2.45) is 5.92 Å². The van der Waals surface area contributed by atoms with Gasteiger partial charge in [0, 0.05) is 25.7 Å². The van der Waals surface area contributed by atoms with E-state index in [4.69, 9.17) is 21.1 Å². The summed E-state index contributed by atoms with van der Waals surface area (Å²) in [6.07, 6.45) is 4.77. The highest BCUT2D eigenvalue weighted by atomic mass is 35.5. The Labute approximate surface area is 160 Å². The normalized spacial score (nSPS) is 18.8. The summed E-state index contributed by atoms with van der Waals surface area (Å²) in [4.78, 5) is 17.1. The van der Waals surface area contributed by atoms with Gasteiger partial charge in [-0.05, 0) is 50.8 Å². The van der Waals surface area contributed by atoms with Gasteiger partial charge in [-0.15, -0.1) is 0 Å². The molecule has 144 valence electrons. The molecule has 1 aromatic carbocycles. The molecule has 2 fully saturated rings. The quantitative estimate of drug-likeness (QED) is 0.845. The van der Waals surface area contributed by atoms with E-state index in [1.165, 1.54) is 32.5 Å². The number of urea groups is 1. The number of carbonyl (C=O) groups excluding carboxylic acids is 1. The van der Waals surface area contributed by atoms with Gasteiger partial charge in [-0.3, -0.25) is 0 Å². The van der Waals surface area contributed by atoms with Gasteiger partial charge in [0.05, 0.1) is 24.9 Å². The fraction of sp³-hybridized carbons (Fsp3) is 0.632. The molecule has 2 saturated heterocycles. The van der Waals surface area contributed by atoms with Crippen molar-refractivity contribution in [1.82, 2.24) is 9.80 Å². The van der Waals surface area contributed by atoms with Crippen molar-refractivity contribution in [1.29, 1.82) is 0 Å². The van der Waals surface area contributed by atoms with Crippen molar-refractivity contribution in [2.45, 2.75) is 25.7 Å². The number of carbonyl (C=O) groups is 1. The van der Waals surface area contributed by atoms with Crippen molar-refractivity contribution in [2.75, 3.05) is 52.3 Å². The molecule has 0 unspecified atom stereocenters. The Morgan fingerprint density at radius 1 is 1.12 bits per heavy atom. The second-order valence-electron chi connectivity index (χ2n) is 7.06. The zero-order valence-electron chi connectivity index (χ0n) is 15.6. The first-order valence-electron chi connectivity index (χ1n) is 9.30. The van der Waals surface area contributed by atoms with Crippen molar-refractivity contribution in [3.8, 4) is 11.5 Å². The van der Waals surface area contributed by atoms with Crippen LogP contribution in [0.5, 0.6) is 11.5 Å². The smallest absolute Gasteiger partial charge is 0.321 e. The van der Waals surface area contributed by atoms with Crippen molar-refractivity contribution in [3.05, 3.63) is 17.2 Å². The first kappa shape index (κ1) is 19.1. The van der Waals surface area contributed by atoms with Gasteiger partial charge in [-0.2, -0.15) is 0 Å². The third kappa shape index (κ3) is 4.54. The van der Waals surface area contributed by atoms with Crippen LogP contribution >= 0.6 is 11.6 Å². The summed E-state index contributed by atoms with van der Waals surface area (Å²) in [6.45, 7) is 5.22. The van der Waals surface area contributed by atoms with Crippen molar-refractivity contribution >= 4 is 23.3 Å². The lowest BCUT2D eigenvalue weighted by atomic mass is 9.96. The highest BCUT2D eigenvalue weighted by Gasteiger charge is 2.26. The molecule has 2 amide bonds. The molecule has 0 radical (unpaired) electrons. The summed E-state index contributed by atoms with van der Waals surface area (Å²) >= 11 is 6.18. The average Bonchev–Trinajstić information content (AvgIpc) is 3.15. The van der Waals surface area contributed by atoms with Crippen LogP contribution in [-0.4, -0.2) is 62.8 Å². The van der Waals surface area contributed by atoms with E-state index in [2.05, 4.69) is 10.2 Å². The molecule has 0 saturated carbocycles. The van der Waals surface area contributed by atoms with E-state index in [-0.39, 0.29) is 6.03 Å². The number of likely N-dealkylation sites (tertiary alicyclic amines) is 2. The number of hydrogen-bond donors (Lipinski definition) is 1. The Morgan fingerprint density at radius 2 is 1.77 bits per heavy atom. The highest BCUT2D eigenvalue weighted by Crippen LogP contribution is 2.36. The van der Waals surface area contributed by atoms with Gasteiger partial charge < -0.3 is 24.6 Å². The number of halogens is 1. The summed E-state index contributed by atoms with van der Waals surface area (Å²) in [5.41, 5.74) is 0.558. The van der Waals surface area contributed by atoms with Gasteiger partial charge in [-0.25, -0.2) is 4.79 Å². The average molecular weight is 382 g/mol. The largest absolute Gasteiger partial charge is 0.495 e. The minimum absolute atomic E-state index is 0.107. The SMILES string of the molecule is COc1cc(OC)c(NC(=O)N2CCC(CN3CCCC3)CC2)cc1Cl. The Balaban J connectivity index is 1.55. The van der Waals surface area contributed by atoms with Crippen LogP contribution < -0.4 is 14.8 Å². The van der Waals surface area contributed by atoms with Crippen LogP contribution in [0.2, 0.25) is 5.02 Å². The minimum Gasteiger partial charge on any atom is -0.495 e. The predicted octanol–water partition coefficient (Wildman–Crippen LogP) is 3.70. The van der Waals surface area contributed by atoms with Crippen LogP contribution in [0.1, 0.15) is 25.7 Å². The van der Waals surface area contributed by atoms with Crippen LogP contribution in [0.3, 0.4) is 0 Å². The summed E-state index contributed by atoms with van der Waals surface area (Å²) in [7, 11) is 3.10. The number of rotatable bonds is 5. The van der Waals surface area contributed by atoms with Crippen LogP contribution in [0.15, 0.2) is 12.1 Å². The van der Waals surface area contributed by atoms with E-state index >= 15 is 0 Å². The molecule has 2 heterocycles. The monoisotopic (exact) mass is 381 g/mol. The lowest BCUT2D eigenvalue weighted by Crippen LogP contribution is -2.43. The maximum atomic E-state index is 12.6. The standard InChI is InChI=1S/C19H28ClN3O3/c1-25-17-12-18(26-2)16(11-15(17)20)21-19(24)23-9-5-14(6-10-23)13-22-7-3-4-8-22/h11-12,14H,3-10,13H2,1-2H3,(H,21,24). The number of methoxy groups -OCH3 is 2. The second kappa shape index (κ2) is 8.82. The predicted molar refractivity (Wildman–Crippen MR) is 104 cm³/mol. The summed E-state index contributed by atoms with van der Waals surface area (Å²) in [6, 6.07) is 3.24. The van der Waals surface area contributed by atoms with Gasteiger partial charge in [0.2, 0.25) is 0 Å². The fourth-order valence-electron chi connectivity index (χ4n) is 3.80. The van der Waals surface area contributed by atoms with Crippen molar-refractivity contribution in [3.63, 3.8) is 0 Å². The molecule has 7 heteroatoms. The van der Waals surface area contributed by atoms with Gasteiger partial charge in [0.15, 0.2) is 0 Å². The molecule has 1 aromatic rings. The number of piperidine rings is 1. The third-order valence-corrected chi connectivity index (χ3v) is 5.63. The number of nitrogens with one attached hydrogen (secondary N) is 1. The maximum Gasteiger partial charge on any atom is 0.321 e. The first-order chi connectivity index (χ1) is 12.6. The molecular weight excluding hydrogens is 354 g/mol. The van der Waals surface area contributed by atoms with Crippen molar-refractivity contribution < 1.29 is 14.3 Å². The summed E-state index contributed by atoms with van der Waals surface area (Å²) in [5, 5.41) is 3.36. The molecule has 0 atom stereocenters. The van der Waals surface area contributed by atoms with E-state index in [1.807, 2.05) is 4.90 Å². The van der Waals surface area contributed by atoms with Gasteiger partial charge in [0.1, 0.15) is 11.5 Å². The lowest BCUT2D eigenvalue weighted by molar-refractivity contribution is 0.163. The zero-order valence-corrected chi connectivity index (χ0v) is 16.3. The summed E-state index contributed by atoms with van der Waals surface area (Å²) in [5.74, 6) is 1.75. The lowest BCUT2D eigenvalue weighted by Gasteiger charge is -2.34. The Morgan fingerprint density at radius 3 is 2.38 bits per heavy atom. The maximum absolute atomic E-state index is 12.6. The van der Waals surface area contributed by atoms with Crippen LogP contribution in [0.25, 0.3) is 0 Å². The summed E-state index contributed by atoms with van der Waals surface area (Å²) < 4.78 is 10.5. The van der Waals surface area contributed by atoms with Crippen LogP contribution in [0, 0.1) is 5.92 Å². The minimum atomic E-state index is -0.107. The molecule has 0 bridgehead atoms. The number of ether oxygens (including phenoxy) is 2. The number of nitrogens with zero attached hydrogens (tertiary/aromatic N) is 2. The zero-order chi connectivity index (χ0) is 18.5. The number of hydrogen-bond acceptors (Lipinski definition) is 4. The fourth-order valence-corrected chi connectivity index (χ4v) is 4.04. The Hall–Kier alpha value is -1.66. The third-order valence-electron chi connectivity index (χ3n) is 5.33. The van der Waals surface area contributed by atoms with Gasteiger partial charge in [-0.1, -0.05) is 11.6 Å². The van der Waals surface area contributed by atoms with E-state index in [1.54, 1.807) is 26.4 Å². The molecule has 3 rings (SSSR count). The second-order valence-corrected chi connectivity index (χ2v) is 7.46. The van der Waals surface area contributed by atoms with Gasteiger partial charge in [0.25, 0.3) is 0 Å². The molecule has 0 aromatic heterocycles. The number of amides is 2. The van der Waals surface area contributed by atoms with E-state index in [9.17, 15) is 4.79 Å². The molecule has 0 aliphatic carbocycles. The molecule has 6 nitrogen and oxygen atoms in total. The molecule has 2 aliphatic heterocycles. The first-order valence-corrected chi connectivity index (χ1v) is 9.68. The van der Waals surface area contributed by atoms with Crippen LogP contribution in [-0.2, 0) is 0 Å². The molecule has 2 aliphatic rings. The van der Waals surface area contributed by atoms with E-state index < -0.39 is 0 Å². The van der Waals surface area contributed by atoms with Gasteiger partial charge >= 0.3 is 6.03 Å². The Bertz CT molecular complexity index is 627. The molecular formula is C19H28ClN3O3. The molecule has 0 spiro atoms. The van der Waals surface area contributed by atoms with Crippen LogP contribution in [0.4, 0.5) is 10.5 Å². The topological polar surface area (TPSA) is 54.0 Å². The molecule has 26 heavy (non-hydrogen) atoms. The van der Waals surface area contributed by atoms with E-state index in [0.29, 0.717) is 28.1 Å². The van der Waals surface area contributed by atoms with E-state index in [0.717, 1.165) is 25.9 Å². The number of benzene rings is 1. The highest BCUT2D eigenvalue weighted by molar-refractivity contribution is 6.32. The molecule has 1 N–H and O–H groups in total.